The normalized spacial score (nSPS) is 17.9. The van der Waals surface area contributed by atoms with E-state index in [0.717, 1.165) is 25.7 Å². The summed E-state index contributed by atoms with van der Waals surface area (Å²) in [6.07, 6.45) is 3.90. The highest BCUT2D eigenvalue weighted by molar-refractivity contribution is 6.39. The van der Waals surface area contributed by atoms with Gasteiger partial charge in [-0.25, -0.2) is 0 Å². The number of nitriles is 1. The maximum atomic E-state index is 12.3. The minimum atomic E-state index is -0.611. The second-order valence-corrected chi connectivity index (χ2v) is 5.20. The van der Waals surface area contributed by atoms with Crippen molar-refractivity contribution < 1.29 is 9.59 Å². The number of likely N-dealkylation sites (tertiary alicyclic amines) is 1. The Labute approximate surface area is 124 Å². The molecule has 0 spiro atoms. The fourth-order valence-electron chi connectivity index (χ4n) is 2.64. The van der Waals surface area contributed by atoms with Crippen LogP contribution in [0.15, 0.2) is 24.3 Å². The summed E-state index contributed by atoms with van der Waals surface area (Å²) in [4.78, 5) is 26.0. The number of rotatable bonds is 2. The van der Waals surface area contributed by atoms with Gasteiger partial charge in [0.15, 0.2) is 0 Å². The van der Waals surface area contributed by atoms with Gasteiger partial charge in [0.05, 0.1) is 11.6 Å². The Balaban J connectivity index is 2.01. The number of amides is 2. The molecule has 1 heterocycles. The molecule has 1 aromatic rings. The minimum Gasteiger partial charge on any atom is -0.331 e. The van der Waals surface area contributed by atoms with E-state index in [1.807, 2.05) is 13.0 Å². The van der Waals surface area contributed by atoms with Crippen LogP contribution in [0.4, 0.5) is 5.69 Å². The lowest BCUT2D eigenvalue weighted by Crippen LogP contribution is -2.48. The van der Waals surface area contributed by atoms with Crippen LogP contribution < -0.4 is 5.32 Å². The molecule has 0 aliphatic carbocycles. The fraction of sp³-hybridized carbons (Fsp3) is 0.438. The molecule has 1 N–H and O–H groups in total. The van der Waals surface area contributed by atoms with E-state index in [-0.39, 0.29) is 6.04 Å². The first-order chi connectivity index (χ1) is 10.2. The summed E-state index contributed by atoms with van der Waals surface area (Å²) in [5.41, 5.74) is 1.04. The van der Waals surface area contributed by atoms with E-state index in [1.54, 1.807) is 29.2 Å². The van der Waals surface area contributed by atoms with E-state index in [0.29, 0.717) is 17.8 Å². The molecule has 21 heavy (non-hydrogen) atoms. The molecule has 1 saturated heterocycles. The number of benzene rings is 1. The average molecular weight is 285 g/mol. The molecule has 5 heteroatoms. The number of carbonyl (C=O) groups excluding carboxylic acids is 2. The lowest BCUT2D eigenvalue weighted by molar-refractivity contribution is -0.145. The summed E-state index contributed by atoms with van der Waals surface area (Å²) in [5, 5.41) is 11.3. The van der Waals surface area contributed by atoms with Gasteiger partial charge in [0, 0.05) is 18.3 Å². The predicted molar refractivity (Wildman–Crippen MR) is 79.4 cm³/mol. The zero-order valence-corrected chi connectivity index (χ0v) is 12.1. The van der Waals surface area contributed by atoms with Crippen molar-refractivity contribution in [2.24, 2.45) is 0 Å². The van der Waals surface area contributed by atoms with Gasteiger partial charge in [-0.3, -0.25) is 9.59 Å². The van der Waals surface area contributed by atoms with Gasteiger partial charge in [0.1, 0.15) is 0 Å². The zero-order valence-electron chi connectivity index (χ0n) is 12.1. The molecule has 1 fully saturated rings. The topological polar surface area (TPSA) is 73.2 Å². The van der Waals surface area contributed by atoms with Crippen molar-refractivity contribution in [3.05, 3.63) is 29.8 Å². The van der Waals surface area contributed by atoms with Gasteiger partial charge in [0.2, 0.25) is 0 Å². The molecule has 2 amide bonds. The van der Waals surface area contributed by atoms with Gasteiger partial charge < -0.3 is 10.2 Å². The van der Waals surface area contributed by atoms with Gasteiger partial charge in [-0.05, 0) is 49.9 Å². The fourth-order valence-corrected chi connectivity index (χ4v) is 2.64. The predicted octanol–water partition coefficient (Wildman–Crippen LogP) is 2.29. The number of piperidine rings is 1. The molecular formula is C16H19N3O2. The zero-order chi connectivity index (χ0) is 15.2. The summed E-state index contributed by atoms with van der Waals surface area (Å²) in [5.74, 6) is -1.08. The highest BCUT2D eigenvalue weighted by Gasteiger charge is 2.29. The van der Waals surface area contributed by atoms with Crippen molar-refractivity contribution in [3.8, 4) is 6.07 Å². The Morgan fingerprint density at radius 2 is 2.05 bits per heavy atom. The Bertz CT molecular complexity index is 560. The molecule has 1 aromatic carbocycles. The van der Waals surface area contributed by atoms with Crippen LogP contribution in [0, 0.1) is 11.3 Å². The van der Waals surface area contributed by atoms with Gasteiger partial charge >= 0.3 is 11.8 Å². The molecular weight excluding hydrogens is 266 g/mol. The van der Waals surface area contributed by atoms with Crippen LogP contribution >= 0.6 is 0 Å². The molecule has 0 bridgehead atoms. The molecule has 2 rings (SSSR count). The molecule has 1 aliphatic rings. The molecule has 1 aliphatic heterocycles. The van der Waals surface area contributed by atoms with Crippen LogP contribution in [0.2, 0.25) is 0 Å². The van der Waals surface area contributed by atoms with Crippen molar-refractivity contribution in [2.75, 3.05) is 11.9 Å². The van der Waals surface area contributed by atoms with Crippen LogP contribution in [-0.2, 0) is 9.59 Å². The largest absolute Gasteiger partial charge is 0.331 e. The maximum Gasteiger partial charge on any atom is 0.313 e. The number of hydrogen-bond donors (Lipinski definition) is 1. The van der Waals surface area contributed by atoms with Gasteiger partial charge in [-0.2, -0.15) is 5.26 Å². The second-order valence-electron chi connectivity index (χ2n) is 5.20. The lowest BCUT2D eigenvalue weighted by atomic mass is 10.00. The van der Waals surface area contributed by atoms with E-state index >= 15 is 0 Å². The monoisotopic (exact) mass is 285 g/mol. The van der Waals surface area contributed by atoms with E-state index in [2.05, 4.69) is 5.32 Å². The third kappa shape index (κ3) is 3.60. The Kier molecular flexibility index (Phi) is 4.94. The first-order valence-corrected chi connectivity index (χ1v) is 7.27. The smallest absolute Gasteiger partial charge is 0.313 e. The molecule has 0 aromatic heterocycles. The molecule has 110 valence electrons. The Morgan fingerprint density at radius 3 is 2.67 bits per heavy atom. The summed E-state index contributed by atoms with van der Waals surface area (Å²) < 4.78 is 0. The number of nitrogens with one attached hydrogen (secondary N) is 1. The average Bonchev–Trinajstić information content (AvgIpc) is 2.54. The van der Waals surface area contributed by atoms with E-state index in [9.17, 15) is 9.59 Å². The minimum absolute atomic E-state index is 0.165. The number of nitrogens with zero attached hydrogens (tertiary/aromatic N) is 2. The van der Waals surface area contributed by atoms with Gasteiger partial charge in [0.25, 0.3) is 0 Å². The van der Waals surface area contributed by atoms with Crippen molar-refractivity contribution in [1.29, 1.82) is 5.26 Å². The lowest BCUT2D eigenvalue weighted by Gasteiger charge is -2.34. The number of carbonyl (C=O) groups is 2. The Morgan fingerprint density at radius 1 is 1.33 bits per heavy atom. The van der Waals surface area contributed by atoms with Crippen LogP contribution in [-0.4, -0.2) is 29.3 Å². The van der Waals surface area contributed by atoms with Gasteiger partial charge in [-0.15, -0.1) is 0 Å². The molecule has 5 nitrogen and oxygen atoms in total. The van der Waals surface area contributed by atoms with Gasteiger partial charge in [-0.1, -0.05) is 6.92 Å². The SMILES string of the molecule is CCC1CCCCN1C(=O)C(=O)Nc1ccc(C#N)cc1. The van der Waals surface area contributed by atoms with Crippen molar-refractivity contribution in [2.45, 2.75) is 38.6 Å². The summed E-state index contributed by atoms with van der Waals surface area (Å²) >= 11 is 0. The van der Waals surface area contributed by atoms with Crippen molar-refractivity contribution in [3.63, 3.8) is 0 Å². The molecule has 0 radical (unpaired) electrons. The second kappa shape index (κ2) is 6.89. The van der Waals surface area contributed by atoms with E-state index < -0.39 is 11.8 Å². The maximum absolute atomic E-state index is 12.3. The molecule has 0 saturated carbocycles. The first-order valence-electron chi connectivity index (χ1n) is 7.27. The molecule has 1 unspecified atom stereocenters. The number of hydrogen-bond acceptors (Lipinski definition) is 3. The van der Waals surface area contributed by atoms with Crippen LogP contribution in [0.1, 0.15) is 38.2 Å². The van der Waals surface area contributed by atoms with Crippen LogP contribution in [0.5, 0.6) is 0 Å². The highest BCUT2D eigenvalue weighted by Crippen LogP contribution is 2.20. The third-order valence-corrected chi connectivity index (χ3v) is 3.83. The van der Waals surface area contributed by atoms with Crippen LogP contribution in [0.3, 0.4) is 0 Å². The highest BCUT2D eigenvalue weighted by atomic mass is 16.2. The number of anilines is 1. The van der Waals surface area contributed by atoms with Crippen molar-refractivity contribution >= 4 is 17.5 Å². The Hall–Kier alpha value is -2.35. The summed E-state index contributed by atoms with van der Waals surface area (Å²) in [6.45, 7) is 2.69. The summed E-state index contributed by atoms with van der Waals surface area (Å²) in [6, 6.07) is 8.63. The van der Waals surface area contributed by atoms with E-state index in [4.69, 9.17) is 5.26 Å². The van der Waals surface area contributed by atoms with Crippen LogP contribution in [0.25, 0.3) is 0 Å². The quantitative estimate of drug-likeness (QED) is 0.847. The summed E-state index contributed by atoms with van der Waals surface area (Å²) in [7, 11) is 0. The molecule has 1 atom stereocenters. The third-order valence-electron chi connectivity index (χ3n) is 3.83. The first kappa shape index (κ1) is 15.0. The standard InChI is InChI=1S/C16H19N3O2/c1-2-14-5-3-4-10-19(14)16(21)15(20)18-13-8-6-12(11-17)7-9-13/h6-9,14H,2-5,10H2,1H3,(H,18,20). The van der Waals surface area contributed by atoms with E-state index in [1.165, 1.54) is 0 Å². The van der Waals surface area contributed by atoms with Crippen molar-refractivity contribution in [1.82, 2.24) is 4.90 Å².